The molecule has 1 aromatic rings. The zero-order valence-electron chi connectivity index (χ0n) is 11.9. The Hall–Kier alpha value is -0.800. The van der Waals surface area contributed by atoms with Gasteiger partial charge < -0.3 is 9.73 Å². The molecule has 0 saturated carbocycles. The number of furan rings is 1. The largest absolute Gasteiger partial charge is 0.468 e. The summed E-state index contributed by atoms with van der Waals surface area (Å²) in [5.41, 5.74) is 1.27. The number of nitrogens with zero attached hydrogens (tertiary/aromatic N) is 1. The Morgan fingerprint density at radius 3 is 2.89 bits per heavy atom. The van der Waals surface area contributed by atoms with Gasteiger partial charge in [-0.1, -0.05) is 13.8 Å². The van der Waals surface area contributed by atoms with Gasteiger partial charge in [-0.15, -0.1) is 0 Å². The molecule has 102 valence electrons. The van der Waals surface area contributed by atoms with Crippen LogP contribution in [0.2, 0.25) is 0 Å². The van der Waals surface area contributed by atoms with Gasteiger partial charge in [0.2, 0.25) is 0 Å². The second kappa shape index (κ2) is 6.39. The van der Waals surface area contributed by atoms with Crippen molar-refractivity contribution < 1.29 is 4.42 Å². The van der Waals surface area contributed by atoms with E-state index in [-0.39, 0.29) is 0 Å². The average molecular weight is 250 g/mol. The van der Waals surface area contributed by atoms with Crippen LogP contribution in [0, 0.1) is 12.8 Å². The van der Waals surface area contributed by atoms with Crippen LogP contribution in [0.4, 0.5) is 0 Å². The fourth-order valence-corrected chi connectivity index (χ4v) is 2.71. The molecular formula is C15H26N2O. The number of rotatable bonds is 6. The molecule has 0 bridgehead atoms. The SMILES string of the molecule is Cc1ccoc1CN(CC(C)C)CC1CCCN1. The third-order valence-corrected chi connectivity index (χ3v) is 3.60. The maximum atomic E-state index is 5.58. The van der Waals surface area contributed by atoms with Crippen molar-refractivity contribution >= 4 is 0 Å². The standard InChI is InChI=1S/C15H26N2O/c1-12(2)9-17(10-14-5-4-7-16-14)11-15-13(3)6-8-18-15/h6,8,12,14,16H,4-5,7,9-11H2,1-3H3. The van der Waals surface area contributed by atoms with Crippen LogP contribution in [0.25, 0.3) is 0 Å². The molecule has 2 heterocycles. The highest BCUT2D eigenvalue weighted by molar-refractivity contribution is 5.14. The molecule has 1 saturated heterocycles. The molecule has 1 atom stereocenters. The summed E-state index contributed by atoms with van der Waals surface area (Å²) in [6, 6.07) is 2.72. The van der Waals surface area contributed by atoms with Gasteiger partial charge in [0.25, 0.3) is 0 Å². The van der Waals surface area contributed by atoms with Gasteiger partial charge in [-0.3, -0.25) is 4.90 Å². The first-order chi connectivity index (χ1) is 8.65. The van der Waals surface area contributed by atoms with E-state index in [0.29, 0.717) is 12.0 Å². The second-order valence-electron chi connectivity index (χ2n) is 5.91. The van der Waals surface area contributed by atoms with Gasteiger partial charge in [0.1, 0.15) is 5.76 Å². The Morgan fingerprint density at radius 1 is 1.50 bits per heavy atom. The number of hydrogen-bond donors (Lipinski definition) is 1. The van der Waals surface area contributed by atoms with Gasteiger partial charge in [-0.2, -0.15) is 0 Å². The van der Waals surface area contributed by atoms with E-state index in [0.717, 1.165) is 25.4 Å². The van der Waals surface area contributed by atoms with E-state index >= 15 is 0 Å². The van der Waals surface area contributed by atoms with Crippen LogP contribution in [0.5, 0.6) is 0 Å². The minimum Gasteiger partial charge on any atom is -0.468 e. The Bertz CT molecular complexity index is 353. The van der Waals surface area contributed by atoms with Gasteiger partial charge in [-0.25, -0.2) is 0 Å². The first kappa shape index (κ1) is 13.6. The van der Waals surface area contributed by atoms with Crippen molar-refractivity contribution in [2.24, 2.45) is 5.92 Å². The quantitative estimate of drug-likeness (QED) is 0.841. The van der Waals surface area contributed by atoms with Crippen LogP contribution in [0.1, 0.15) is 38.0 Å². The van der Waals surface area contributed by atoms with Gasteiger partial charge in [0.15, 0.2) is 0 Å². The molecule has 0 spiro atoms. The first-order valence-electron chi connectivity index (χ1n) is 7.14. The topological polar surface area (TPSA) is 28.4 Å². The highest BCUT2D eigenvalue weighted by Gasteiger charge is 2.19. The van der Waals surface area contributed by atoms with Crippen LogP contribution in [0.15, 0.2) is 16.7 Å². The van der Waals surface area contributed by atoms with Crippen molar-refractivity contribution in [1.82, 2.24) is 10.2 Å². The van der Waals surface area contributed by atoms with E-state index in [4.69, 9.17) is 4.42 Å². The summed E-state index contributed by atoms with van der Waals surface area (Å²) < 4.78 is 5.58. The van der Waals surface area contributed by atoms with Crippen LogP contribution in [0.3, 0.4) is 0 Å². The molecular weight excluding hydrogens is 224 g/mol. The molecule has 1 fully saturated rings. The molecule has 1 aliphatic rings. The van der Waals surface area contributed by atoms with E-state index in [9.17, 15) is 0 Å². The zero-order chi connectivity index (χ0) is 13.0. The Kier molecular flexibility index (Phi) is 4.84. The van der Waals surface area contributed by atoms with E-state index in [1.165, 1.54) is 24.9 Å². The van der Waals surface area contributed by atoms with E-state index in [2.05, 4.69) is 37.1 Å². The van der Waals surface area contributed by atoms with Crippen molar-refractivity contribution in [1.29, 1.82) is 0 Å². The predicted octanol–water partition coefficient (Wildman–Crippen LogP) is 2.80. The predicted molar refractivity (Wildman–Crippen MR) is 74.6 cm³/mol. The minimum absolute atomic E-state index is 0.666. The van der Waals surface area contributed by atoms with Gasteiger partial charge in [0.05, 0.1) is 12.8 Å². The lowest BCUT2D eigenvalue weighted by Crippen LogP contribution is -2.39. The molecule has 2 rings (SSSR count). The van der Waals surface area contributed by atoms with Crippen molar-refractivity contribution in [3.8, 4) is 0 Å². The molecule has 1 N–H and O–H groups in total. The number of nitrogens with one attached hydrogen (secondary N) is 1. The van der Waals surface area contributed by atoms with Crippen LogP contribution in [-0.4, -0.2) is 30.6 Å². The van der Waals surface area contributed by atoms with Crippen LogP contribution < -0.4 is 5.32 Å². The number of hydrogen-bond acceptors (Lipinski definition) is 3. The van der Waals surface area contributed by atoms with Gasteiger partial charge in [-0.05, 0) is 43.9 Å². The van der Waals surface area contributed by atoms with E-state index < -0.39 is 0 Å². The third kappa shape index (κ3) is 3.85. The molecule has 1 aliphatic heterocycles. The van der Waals surface area contributed by atoms with E-state index in [1.54, 1.807) is 6.26 Å². The maximum Gasteiger partial charge on any atom is 0.120 e. The normalized spacial score (nSPS) is 20.2. The van der Waals surface area contributed by atoms with Gasteiger partial charge >= 0.3 is 0 Å². The molecule has 18 heavy (non-hydrogen) atoms. The highest BCUT2D eigenvalue weighted by Crippen LogP contribution is 2.15. The molecule has 0 aromatic carbocycles. The maximum absolute atomic E-state index is 5.58. The summed E-state index contributed by atoms with van der Waals surface area (Å²) >= 11 is 0. The summed E-state index contributed by atoms with van der Waals surface area (Å²) in [5.74, 6) is 1.82. The van der Waals surface area contributed by atoms with Crippen molar-refractivity contribution in [3.63, 3.8) is 0 Å². The Balaban J connectivity index is 1.93. The summed E-state index contributed by atoms with van der Waals surface area (Å²) in [6.45, 7) is 11.1. The fourth-order valence-electron chi connectivity index (χ4n) is 2.71. The molecule has 0 aliphatic carbocycles. The van der Waals surface area contributed by atoms with E-state index in [1.807, 2.05) is 0 Å². The van der Waals surface area contributed by atoms with Crippen molar-refractivity contribution in [2.75, 3.05) is 19.6 Å². The summed E-state index contributed by atoms with van der Waals surface area (Å²) in [5, 5.41) is 3.58. The van der Waals surface area contributed by atoms with Gasteiger partial charge in [0, 0.05) is 19.1 Å². The first-order valence-corrected chi connectivity index (χ1v) is 7.14. The summed E-state index contributed by atoms with van der Waals surface area (Å²) in [7, 11) is 0. The third-order valence-electron chi connectivity index (χ3n) is 3.60. The lowest BCUT2D eigenvalue weighted by atomic mass is 10.1. The molecule has 1 aromatic heterocycles. The highest BCUT2D eigenvalue weighted by atomic mass is 16.3. The lowest BCUT2D eigenvalue weighted by Gasteiger charge is -2.26. The minimum atomic E-state index is 0.666. The van der Waals surface area contributed by atoms with Crippen LogP contribution >= 0.6 is 0 Å². The molecule has 0 radical (unpaired) electrons. The average Bonchev–Trinajstić information content (AvgIpc) is 2.91. The molecule has 3 nitrogen and oxygen atoms in total. The molecule has 3 heteroatoms. The summed E-state index contributed by atoms with van der Waals surface area (Å²) in [4.78, 5) is 2.53. The smallest absolute Gasteiger partial charge is 0.120 e. The Labute approximate surface area is 111 Å². The van der Waals surface area contributed by atoms with Crippen LogP contribution in [-0.2, 0) is 6.54 Å². The summed E-state index contributed by atoms with van der Waals surface area (Å²) in [6.07, 6.45) is 4.43. The monoisotopic (exact) mass is 250 g/mol. The lowest BCUT2D eigenvalue weighted by molar-refractivity contribution is 0.200. The molecule has 0 amide bonds. The second-order valence-corrected chi connectivity index (χ2v) is 5.91. The zero-order valence-corrected chi connectivity index (χ0v) is 11.9. The fraction of sp³-hybridized carbons (Fsp3) is 0.733. The van der Waals surface area contributed by atoms with Crippen molar-refractivity contribution in [2.45, 2.75) is 46.2 Å². The Morgan fingerprint density at radius 2 is 2.33 bits per heavy atom. The molecule has 1 unspecified atom stereocenters. The van der Waals surface area contributed by atoms with Crippen molar-refractivity contribution in [3.05, 3.63) is 23.7 Å². The number of aryl methyl sites for hydroxylation is 1.